The third-order valence-corrected chi connectivity index (χ3v) is 8.85. The first-order valence-electron chi connectivity index (χ1n) is 9.83. The molecule has 3 fully saturated rings. The minimum Gasteiger partial charge on any atom is -0.390 e. The molecule has 2 N–H and O–H groups in total. The first-order chi connectivity index (χ1) is 11.9. The average Bonchev–Trinajstić information content (AvgIpc) is 3.15. The monoisotopic (exact) mass is 343 g/mol. The Kier molecular flexibility index (Phi) is 3.20. The molecular formula is C21H29NO3. The summed E-state index contributed by atoms with van der Waals surface area (Å²) >= 11 is 0. The fourth-order valence-corrected chi connectivity index (χ4v) is 7.31. The largest absolute Gasteiger partial charge is 0.390 e. The quantitative estimate of drug-likeness (QED) is 0.710. The van der Waals surface area contributed by atoms with Gasteiger partial charge in [-0.05, 0) is 73.0 Å². The van der Waals surface area contributed by atoms with Gasteiger partial charge in [0.25, 0.3) is 0 Å². The van der Waals surface area contributed by atoms with Crippen LogP contribution in [0, 0.1) is 34.5 Å². The summed E-state index contributed by atoms with van der Waals surface area (Å²) < 4.78 is 5.21. The fraction of sp³-hybridized carbons (Fsp3) is 0.762. The van der Waals surface area contributed by atoms with Crippen molar-refractivity contribution in [2.24, 2.45) is 34.5 Å². The first-order valence-corrected chi connectivity index (χ1v) is 9.83. The van der Waals surface area contributed by atoms with Gasteiger partial charge >= 0.3 is 0 Å². The van der Waals surface area contributed by atoms with Gasteiger partial charge in [-0.3, -0.25) is 0 Å². The van der Waals surface area contributed by atoms with Crippen molar-refractivity contribution >= 4 is 0 Å². The van der Waals surface area contributed by atoms with Crippen molar-refractivity contribution in [3.8, 4) is 0 Å². The van der Waals surface area contributed by atoms with E-state index >= 15 is 0 Å². The second kappa shape index (κ2) is 4.98. The highest BCUT2D eigenvalue weighted by Crippen LogP contribution is 2.66. The number of aliphatic hydroxyl groups is 2. The van der Waals surface area contributed by atoms with E-state index in [1.165, 1.54) is 17.6 Å². The Morgan fingerprint density at radius 3 is 2.76 bits per heavy atom. The van der Waals surface area contributed by atoms with Crippen LogP contribution in [-0.2, 0) is 12.8 Å². The highest BCUT2D eigenvalue weighted by Gasteiger charge is 2.64. The van der Waals surface area contributed by atoms with Gasteiger partial charge < -0.3 is 14.7 Å². The Balaban J connectivity index is 1.59. The molecule has 0 amide bonds. The van der Waals surface area contributed by atoms with Crippen LogP contribution in [0.3, 0.4) is 0 Å². The molecule has 1 aromatic heterocycles. The lowest BCUT2D eigenvalue weighted by atomic mass is 9.44. The van der Waals surface area contributed by atoms with E-state index in [2.05, 4.69) is 25.6 Å². The smallest absolute Gasteiger partial charge is 0.127 e. The number of hydrogen-bond donors (Lipinski definition) is 2. The minimum absolute atomic E-state index is 0.00706. The van der Waals surface area contributed by atoms with Crippen LogP contribution in [0.5, 0.6) is 0 Å². The molecule has 3 saturated carbocycles. The van der Waals surface area contributed by atoms with Gasteiger partial charge in [-0.2, -0.15) is 0 Å². The second-order valence-corrected chi connectivity index (χ2v) is 9.65. The first kappa shape index (κ1) is 16.1. The number of aliphatic hydroxyl groups excluding tert-OH is 2. The van der Waals surface area contributed by atoms with Gasteiger partial charge in [0.2, 0.25) is 0 Å². The van der Waals surface area contributed by atoms with Crippen molar-refractivity contribution in [1.82, 2.24) is 5.16 Å². The zero-order chi connectivity index (χ0) is 17.6. The summed E-state index contributed by atoms with van der Waals surface area (Å²) in [6.45, 7) is 9.03. The van der Waals surface area contributed by atoms with Crippen LogP contribution in [0.25, 0.3) is 0 Å². The highest BCUT2D eigenvalue weighted by atomic mass is 16.5. The molecular weight excluding hydrogens is 314 g/mol. The highest BCUT2D eigenvalue weighted by molar-refractivity contribution is 5.28. The molecule has 136 valence electrons. The van der Waals surface area contributed by atoms with Crippen LogP contribution in [-0.4, -0.2) is 27.6 Å². The van der Waals surface area contributed by atoms with Gasteiger partial charge in [0.1, 0.15) is 6.26 Å². The van der Waals surface area contributed by atoms with Gasteiger partial charge in [0, 0.05) is 5.56 Å². The van der Waals surface area contributed by atoms with E-state index in [0.717, 1.165) is 37.8 Å². The molecule has 1 heterocycles. The van der Waals surface area contributed by atoms with Crippen LogP contribution in [0.2, 0.25) is 0 Å². The van der Waals surface area contributed by atoms with Crippen molar-refractivity contribution in [3.05, 3.63) is 29.7 Å². The lowest BCUT2D eigenvalue weighted by Crippen LogP contribution is -2.64. The average molecular weight is 343 g/mol. The molecule has 0 radical (unpaired) electrons. The summed E-state index contributed by atoms with van der Waals surface area (Å²) in [6.07, 6.45) is 6.58. The van der Waals surface area contributed by atoms with E-state index in [-0.39, 0.29) is 22.7 Å². The molecule has 4 nitrogen and oxygen atoms in total. The number of rotatable bonds is 0. The van der Waals surface area contributed by atoms with Crippen molar-refractivity contribution in [3.63, 3.8) is 0 Å². The van der Waals surface area contributed by atoms with Gasteiger partial charge in [-0.25, -0.2) is 0 Å². The van der Waals surface area contributed by atoms with Crippen molar-refractivity contribution in [2.45, 2.75) is 64.6 Å². The Bertz CT molecular complexity index is 726. The maximum Gasteiger partial charge on any atom is 0.127 e. The molecule has 0 aliphatic heterocycles. The lowest BCUT2D eigenvalue weighted by molar-refractivity contribution is -0.201. The molecule has 25 heavy (non-hydrogen) atoms. The summed E-state index contributed by atoms with van der Waals surface area (Å²) in [5.41, 5.74) is 3.68. The van der Waals surface area contributed by atoms with E-state index < -0.39 is 12.2 Å². The van der Waals surface area contributed by atoms with Crippen LogP contribution in [0.1, 0.15) is 50.8 Å². The van der Waals surface area contributed by atoms with E-state index in [9.17, 15) is 10.2 Å². The van der Waals surface area contributed by atoms with Gasteiger partial charge in [0.05, 0.1) is 17.9 Å². The number of fused-ring (bicyclic) bond motifs is 6. The topological polar surface area (TPSA) is 66.5 Å². The fourth-order valence-electron chi connectivity index (χ4n) is 7.31. The standard InChI is InChI=1S/C21H29NO3/c1-11-4-5-13-17-14(6-7-20(11,13)2)21(3)9-12-10-25-22-16(12)8-15(21)18(23)19(17)24/h10,13-15,17-19,23-24H,1,4-9H2,2-3H3/t13-,14-,15+,17?,18+,19+,20+,21+/m0/s1. The van der Waals surface area contributed by atoms with E-state index in [4.69, 9.17) is 4.52 Å². The van der Waals surface area contributed by atoms with Crippen molar-refractivity contribution < 1.29 is 14.7 Å². The zero-order valence-electron chi connectivity index (χ0n) is 15.2. The van der Waals surface area contributed by atoms with Crippen molar-refractivity contribution in [2.75, 3.05) is 0 Å². The Morgan fingerprint density at radius 1 is 1.16 bits per heavy atom. The normalized spacial score (nSPS) is 51.4. The molecule has 4 heteroatoms. The third-order valence-electron chi connectivity index (χ3n) is 8.85. The Hall–Kier alpha value is -1.13. The molecule has 8 atom stereocenters. The molecule has 0 spiro atoms. The van der Waals surface area contributed by atoms with Gasteiger partial charge in [0.15, 0.2) is 0 Å². The van der Waals surface area contributed by atoms with Crippen LogP contribution in [0.4, 0.5) is 0 Å². The summed E-state index contributed by atoms with van der Waals surface area (Å²) in [5, 5.41) is 26.4. The molecule has 4 aliphatic rings. The molecule has 1 unspecified atom stereocenters. The Labute approximate surface area is 149 Å². The van der Waals surface area contributed by atoms with Gasteiger partial charge in [-0.15, -0.1) is 0 Å². The predicted molar refractivity (Wildman–Crippen MR) is 93.7 cm³/mol. The molecule has 0 bridgehead atoms. The predicted octanol–water partition coefficient (Wildman–Crippen LogP) is 3.13. The SMILES string of the molecule is C=C1CC[C@H]2C3[C@@H](O)[C@H](O)[C@H]4Cc5nocc5C[C@]4(C)[C@H]3CC[C@]12C. The van der Waals surface area contributed by atoms with Crippen LogP contribution in [0.15, 0.2) is 22.9 Å². The van der Waals surface area contributed by atoms with Crippen LogP contribution < -0.4 is 0 Å². The number of aromatic nitrogens is 1. The van der Waals surface area contributed by atoms with E-state index in [1.54, 1.807) is 6.26 Å². The summed E-state index contributed by atoms with van der Waals surface area (Å²) in [4.78, 5) is 0. The number of allylic oxidation sites excluding steroid dienone is 1. The molecule has 4 aliphatic carbocycles. The minimum atomic E-state index is -0.674. The zero-order valence-corrected chi connectivity index (χ0v) is 15.2. The van der Waals surface area contributed by atoms with Crippen LogP contribution >= 0.6 is 0 Å². The maximum absolute atomic E-state index is 11.1. The molecule has 0 saturated heterocycles. The second-order valence-electron chi connectivity index (χ2n) is 9.65. The molecule has 5 rings (SSSR count). The lowest BCUT2D eigenvalue weighted by Gasteiger charge is -2.62. The third kappa shape index (κ3) is 1.88. The van der Waals surface area contributed by atoms with Crippen molar-refractivity contribution in [1.29, 1.82) is 0 Å². The van der Waals surface area contributed by atoms with Gasteiger partial charge in [-0.1, -0.05) is 31.2 Å². The summed E-state index contributed by atoms with van der Waals surface area (Å²) in [7, 11) is 0. The number of hydrogen-bond acceptors (Lipinski definition) is 4. The summed E-state index contributed by atoms with van der Waals surface area (Å²) in [5.74, 6) is 1.14. The molecule has 1 aromatic rings. The van der Waals surface area contributed by atoms with E-state index in [1.807, 2.05) is 0 Å². The number of nitrogens with zero attached hydrogens (tertiary/aromatic N) is 1. The summed E-state index contributed by atoms with van der Waals surface area (Å²) in [6, 6.07) is 0. The Morgan fingerprint density at radius 2 is 1.96 bits per heavy atom. The van der Waals surface area contributed by atoms with E-state index in [0.29, 0.717) is 11.8 Å². The molecule has 0 aromatic carbocycles. The maximum atomic E-state index is 11.1.